The highest BCUT2D eigenvalue weighted by Crippen LogP contribution is 2.40. The maximum atomic E-state index is 12.9. The summed E-state index contributed by atoms with van der Waals surface area (Å²) in [5.74, 6) is -4.21. The number of rotatable bonds is 23. The standard InChI is InChI=1S/C31H38N2O7.C17H11BrO5.C8H17NO/c1-3-4-5-7-14-25(34)32-19-11-6-8-15-26(35)33(2)20-18-27(36)40-24-17-16-23-28(31(24)39)30(38)22-13-10-9-12-21(22)29(23)37;18-8-7-13(19)23-12-6-5-11-14(17(12)22)16(21)10-4-2-1-3-9(10)15(11)20;1-3-4-5-6-7-8(10)9-2/h9-10,12-13,16-17,39H,3-8,11,14-15,18-20H2,1-2H3,(H,32,34);1-6,22H,7-8H2;3-7H2,1-2H3,(H,9,10). The molecular weight excluding hydrogens is 1000 g/mol. The molecule has 4 N–H and O–H groups in total. The summed E-state index contributed by atoms with van der Waals surface area (Å²) in [6, 6.07) is 18.1. The van der Waals surface area contributed by atoms with Crippen LogP contribution in [0.5, 0.6) is 23.0 Å². The van der Waals surface area contributed by atoms with Crippen LogP contribution in [0.25, 0.3) is 0 Å². The predicted octanol–water partition coefficient (Wildman–Crippen LogP) is 9.13. The number of ketones is 4. The summed E-state index contributed by atoms with van der Waals surface area (Å²) in [5.41, 5.74) is 0.809. The number of alkyl halides is 1. The summed E-state index contributed by atoms with van der Waals surface area (Å²) in [4.78, 5) is 111. The van der Waals surface area contributed by atoms with Gasteiger partial charge in [-0.2, -0.15) is 0 Å². The van der Waals surface area contributed by atoms with Gasteiger partial charge in [0.05, 0.1) is 24.0 Å². The number of nitrogens with one attached hydrogen (secondary N) is 2. The number of carbonyl (C=O) groups excluding carboxylic acids is 9. The van der Waals surface area contributed by atoms with Crippen LogP contribution in [0.15, 0.2) is 72.8 Å². The second kappa shape index (κ2) is 30.1. The van der Waals surface area contributed by atoms with Crippen molar-refractivity contribution >= 4 is 68.7 Å². The third-order valence-corrected chi connectivity index (χ3v) is 12.5. The van der Waals surface area contributed by atoms with Gasteiger partial charge >= 0.3 is 11.9 Å². The van der Waals surface area contributed by atoms with Gasteiger partial charge in [0.25, 0.3) is 0 Å². The monoisotopic (exact) mass is 1070 g/mol. The Morgan fingerprint density at radius 1 is 0.521 bits per heavy atom. The lowest BCUT2D eigenvalue weighted by Crippen LogP contribution is -2.29. The van der Waals surface area contributed by atoms with Crippen molar-refractivity contribution in [3.05, 3.63) is 117 Å². The zero-order valence-electron chi connectivity index (χ0n) is 42.1. The number of hydrogen-bond donors (Lipinski definition) is 4. The van der Waals surface area contributed by atoms with Crippen molar-refractivity contribution in [1.82, 2.24) is 15.5 Å². The Kier molecular flexibility index (Phi) is 24.2. The quantitative estimate of drug-likeness (QED) is 0.0203. The van der Waals surface area contributed by atoms with Crippen LogP contribution in [0, 0.1) is 0 Å². The van der Waals surface area contributed by atoms with Gasteiger partial charge in [0.2, 0.25) is 17.7 Å². The Bertz CT molecular complexity index is 2650. The van der Waals surface area contributed by atoms with Crippen molar-refractivity contribution in [1.29, 1.82) is 0 Å². The molecule has 2 aliphatic rings. The molecule has 6 rings (SSSR count). The first-order valence-corrected chi connectivity index (χ1v) is 26.0. The van der Waals surface area contributed by atoms with E-state index >= 15 is 0 Å². The second-order valence-corrected chi connectivity index (χ2v) is 18.3. The Hall–Kier alpha value is -7.01. The average Bonchev–Trinajstić information content (AvgIpc) is 3.39. The number of phenolic OH excluding ortho intramolecular Hbond substituents is 2. The summed E-state index contributed by atoms with van der Waals surface area (Å²) in [5, 5.41) is 26.9. The molecule has 0 radical (unpaired) electrons. The predicted molar refractivity (Wildman–Crippen MR) is 278 cm³/mol. The first kappa shape index (κ1) is 58.6. The van der Waals surface area contributed by atoms with Gasteiger partial charge in [-0.05, 0) is 49.9 Å². The Labute approximate surface area is 434 Å². The van der Waals surface area contributed by atoms with E-state index in [9.17, 15) is 53.4 Å². The Morgan fingerprint density at radius 3 is 1.40 bits per heavy atom. The fourth-order valence-electron chi connectivity index (χ4n) is 7.91. The number of benzene rings is 4. The molecule has 0 fully saturated rings. The molecule has 0 spiro atoms. The summed E-state index contributed by atoms with van der Waals surface area (Å²) in [6.45, 7) is 5.03. The highest BCUT2D eigenvalue weighted by molar-refractivity contribution is 9.09. The molecule has 3 amide bonds. The number of hydrogen-bond acceptors (Lipinski definition) is 13. The van der Waals surface area contributed by atoms with Crippen LogP contribution in [-0.4, -0.2) is 100 Å². The molecule has 0 bridgehead atoms. The molecule has 0 heterocycles. The molecule has 390 valence electrons. The van der Waals surface area contributed by atoms with E-state index in [0.29, 0.717) is 43.1 Å². The third-order valence-electron chi connectivity index (χ3n) is 12.1. The van der Waals surface area contributed by atoms with E-state index in [1.165, 1.54) is 60.6 Å². The van der Waals surface area contributed by atoms with Crippen LogP contribution in [-0.2, 0) is 24.0 Å². The zero-order chi connectivity index (χ0) is 53.5. The topological polar surface area (TPSA) is 240 Å². The van der Waals surface area contributed by atoms with Crippen molar-refractivity contribution in [3.8, 4) is 23.0 Å². The number of amides is 3. The summed E-state index contributed by atoms with van der Waals surface area (Å²) in [6.07, 6.45) is 12.9. The molecule has 0 saturated heterocycles. The second-order valence-electron chi connectivity index (χ2n) is 17.5. The SMILES string of the molecule is CCCCCCC(=O)NC.CCCCCCC(=O)NCCCCCC(=O)N(C)CCC(=O)Oc1ccc2c(c1O)C(=O)c1ccccc1C2=O.O=C(CCBr)Oc1ccc2c(c1O)C(=O)c1ccccc1C2=O. The van der Waals surface area contributed by atoms with E-state index in [4.69, 9.17) is 9.47 Å². The zero-order valence-corrected chi connectivity index (χ0v) is 43.7. The molecular formula is C56H66BrN3O13. The molecule has 0 atom stereocenters. The van der Waals surface area contributed by atoms with E-state index in [0.717, 1.165) is 44.9 Å². The van der Waals surface area contributed by atoms with E-state index < -0.39 is 35.0 Å². The van der Waals surface area contributed by atoms with Gasteiger partial charge < -0.3 is 35.2 Å². The first-order valence-electron chi connectivity index (χ1n) is 24.9. The highest BCUT2D eigenvalue weighted by atomic mass is 79.9. The van der Waals surface area contributed by atoms with Crippen LogP contribution in [0.1, 0.15) is 180 Å². The number of carbonyl (C=O) groups is 9. The van der Waals surface area contributed by atoms with Crippen molar-refractivity contribution in [2.24, 2.45) is 0 Å². The summed E-state index contributed by atoms with van der Waals surface area (Å²) >= 11 is 3.12. The van der Waals surface area contributed by atoms with Crippen LogP contribution < -0.4 is 20.1 Å². The number of ether oxygens (including phenoxy) is 2. The van der Waals surface area contributed by atoms with Gasteiger partial charge in [0, 0.05) is 85.2 Å². The van der Waals surface area contributed by atoms with Crippen molar-refractivity contribution in [2.75, 3.05) is 32.5 Å². The fourth-order valence-corrected chi connectivity index (χ4v) is 8.23. The molecule has 16 nitrogen and oxygen atoms in total. The molecule has 0 aliphatic heterocycles. The lowest BCUT2D eigenvalue weighted by Gasteiger charge is -2.20. The Morgan fingerprint density at radius 2 is 0.945 bits per heavy atom. The van der Waals surface area contributed by atoms with Gasteiger partial charge in [0.15, 0.2) is 46.1 Å². The van der Waals surface area contributed by atoms with E-state index in [2.05, 4.69) is 40.4 Å². The molecule has 4 aromatic carbocycles. The smallest absolute Gasteiger partial charge is 0.313 e. The fraction of sp³-hybridized carbons (Fsp3) is 0.411. The van der Waals surface area contributed by atoms with Gasteiger partial charge in [-0.25, -0.2) is 0 Å². The van der Waals surface area contributed by atoms with Crippen LogP contribution in [0.3, 0.4) is 0 Å². The molecule has 0 saturated carbocycles. The lowest BCUT2D eigenvalue weighted by molar-refractivity contribution is -0.136. The molecule has 4 aromatic rings. The third kappa shape index (κ3) is 16.8. The minimum absolute atomic E-state index is 0.0520. The summed E-state index contributed by atoms with van der Waals surface area (Å²) < 4.78 is 10.3. The minimum Gasteiger partial charge on any atom is -0.504 e. The number of aromatic hydroxyl groups is 2. The maximum absolute atomic E-state index is 12.9. The molecule has 0 unspecified atom stereocenters. The van der Waals surface area contributed by atoms with Crippen LogP contribution >= 0.6 is 15.9 Å². The molecule has 0 aromatic heterocycles. The average molecular weight is 1070 g/mol. The Balaban J connectivity index is 0.000000291. The van der Waals surface area contributed by atoms with Gasteiger partial charge in [-0.3, -0.25) is 43.2 Å². The minimum atomic E-state index is -0.685. The maximum Gasteiger partial charge on any atom is 0.313 e. The number of fused-ring (bicyclic) bond motifs is 4. The van der Waals surface area contributed by atoms with E-state index in [1.807, 2.05) is 0 Å². The molecule has 2 aliphatic carbocycles. The first-order chi connectivity index (χ1) is 35.1. The lowest BCUT2D eigenvalue weighted by atomic mass is 9.83. The van der Waals surface area contributed by atoms with Crippen LogP contribution in [0.4, 0.5) is 0 Å². The van der Waals surface area contributed by atoms with Gasteiger partial charge in [-0.15, -0.1) is 0 Å². The van der Waals surface area contributed by atoms with E-state index in [-0.39, 0.29) is 99.1 Å². The number of nitrogens with zero attached hydrogens (tertiary/aromatic N) is 1. The van der Waals surface area contributed by atoms with Gasteiger partial charge in [0.1, 0.15) is 0 Å². The largest absolute Gasteiger partial charge is 0.504 e. The normalized spacial score (nSPS) is 11.8. The van der Waals surface area contributed by atoms with Gasteiger partial charge in [-0.1, -0.05) is 123 Å². The number of halogens is 1. The molecule has 17 heteroatoms. The van der Waals surface area contributed by atoms with Crippen LogP contribution in [0.2, 0.25) is 0 Å². The molecule has 73 heavy (non-hydrogen) atoms. The number of phenols is 2. The van der Waals surface area contributed by atoms with Crippen molar-refractivity contribution < 1.29 is 62.8 Å². The number of unbranched alkanes of at least 4 members (excludes halogenated alkanes) is 8. The van der Waals surface area contributed by atoms with Crippen molar-refractivity contribution in [3.63, 3.8) is 0 Å². The summed E-state index contributed by atoms with van der Waals surface area (Å²) in [7, 11) is 3.29. The van der Waals surface area contributed by atoms with Crippen molar-refractivity contribution in [2.45, 2.75) is 117 Å². The highest BCUT2D eigenvalue weighted by Gasteiger charge is 2.35. The van der Waals surface area contributed by atoms with E-state index in [1.54, 1.807) is 50.5 Å². The number of esters is 2.